The molecule has 18 heavy (non-hydrogen) atoms. The predicted molar refractivity (Wildman–Crippen MR) is 65.2 cm³/mol. The van der Waals surface area contributed by atoms with Crippen LogP contribution in [0, 0.1) is 0 Å². The van der Waals surface area contributed by atoms with Crippen molar-refractivity contribution < 1.29 is 24.2 Å². The molecule has 0 saturated heterocycles. The van der Waals surface area contributed by atoms with Crippen molar-refractivity contribution in [3.05, 3.63) is 0 Å². The van der Waals surface area contributed by atoms with Crippen molar-refractivity contribution in [1.82, 2.24) is 5.32 Å². The van der Waals surface area contributed by atoms with Gasteiger partial charge in [0, 0.05) is 32.7 Å². The Kier molecular flexibility index (Phi) is 11.5. The number of amides is 1. The molecule has 0 aromatic heterocycles. The summed E-state index contributed by atoms with van der Waals surface area (Å²) >= 11 is 0. The molecule has 0 aromatic carbocycles. The van der Waals surface area contributed by atoms with Gasteiger partial charge in [-0.3, -0.25) is 9.59 Å². The van der Waals surface area contributed by atoms with E-state index in [0.29, 0.717) is 39.5 Å². The molecule has 0 aliphatic rings. The maximum absolute atomic E-state index is 11.1. The smallest absolute Gasteiger partial charge is 0.303 e. The molecule has 0 unspecified atom stereocenters. The Balaban J connectivity index is 3.15. The molecule has 0 aliphatic heterocycles. The van der Waals surface area contributed by atoms with Crippen LogP contribution in [0.2, 0.25) is 0 Å². The minimum Gasteiger partial charge on any atom is -0.481 e. The Hall–Kier alpha value is -1.18. The van der Waals surface area contributed by atoms with Gasteiger partial charge in [0.1, 0.15) is 0 Å². The van der Waals surface area contributed by atoms with Crippen molar-refractivity contribution in [2.45, 2.75) is 19.3 Å². The number of carboxylic acid groups (broad SMARTS) is 1. The summed E-state index contributed by atoms with van der Waals surface area (Å²) in [6.07, 6.45) is 0.639. The van der Waals surface area contributed by atoms with Crippen molar-refractivity contribution in [1.29, 1.82) is 0 Å². The second kappa shape index (κ2) is 12.3. The highest BCUT2D eigenvalue weighted by Gasteiger charge is 2.03. The van der Waals surface area contributed by atoms with Crippen molar-refractivity contribution in [2.24, 2.45) is 5.73 Å². The Bertz CT molecular complexity index is 235. The van der Waals surface area contributed by atoms with Crippen LogP contribution in [-0.4, -0.2) is 56.5 Å². The van der Waals surface area contributed by atoms with Crippen LogP contribution >= 0.6 is 0 Å². The van der Waals surface area contributed by atoms with Gasteiger partial charge in [-0.05, 0) is 6.42 Å². The normalized spacial score (nSPS) is 10.3. The van der Waals surface area contributed by atoms with E-state index in [0.717, 1.165) is 6.42 Å². The quantitative estimate of drug-likeness (QED) is 0.403. The van der Waals surface area contributed by atoms with E-state index in [2.05, 4.69) is 5.32 Å². The monoisotopic (exact) mass is 262 g/mol. The van der Waals surface area contributed by atoms with Crippen LogP contribution in [0.1, 0.15) is 19.3 Å². The fourth-order valence-corrected chi connectivity index (χ4v) is 1.12. The van der Waals surface area contributed by atoms with Crippen LogP contribution in [0.25, 0.3) is 0 Å². The lowest BCUT2D eigenvalue weighted by atomic mass is 10.3. The molecule has 4 N–H and O–H groups in total. The Morgan fingerprint density at radius 2 is 1.72 bits per heavy atom. The van der Waals surface area contributed by atoms with Crippen LogP contribution < -0.4 is 11.1 Å². The summed E-state index contributed by atoms with van der Waals surface area (Å²) in [5.41, 5.74) is 5.25. The summed E-state index contributed by atoms with van der Waals surface area (Å²) in [5.74, 6) is -1.24. The molecule has 0 rings (SSSR count). The number of carbonyl (C=O) groups is 2. The molecule has 1 amide bonds. The third kappa shape index (κ3) is 12.9. The molecule has 0 fully saturated rings. The molecular weight excluding hydrogens is 240 g/mol. The standard InChI is InChI=1S/C11H22N2O5/c12-4-8-17-6-1-7-18-9-5-13-10(14)2-3-11(15)16/h1-9,12H2,(H,13,14)(H,15,16). The number of ether oxygens (including phenoxy) is 2. The molecule has 0 aromatic rings. The fourth-order valence-electron chi connectivity index (χ4n) is 1.12. The average Bonchev–Trinajstić information content (AvgIpc) is 2.34. The Labute approximate surface area is 107 Å². The van der Waals surface area contributed by atoms with Crippen LogP contribution in [-0.2, 0) is 19.1 Å². The van der Waals surface area contributed by atoms with E-state index in [-0.39, 0.29) is 18.7 Å². The third-order valence-corrected chi connectivity index (χ3v) is 1.97. The molecule has 0 aliphatic carbocycles. The van der Waals surface area contributed by atoms with Gasteiger partial charge in [-0.25, -0.2) is 0 Å². The predicted octanol–water partition coefficient (Wildman–Crippen LogP) is -0.651. The first kappa shape index (κ1) is 16.8. The second-order valence-corrected chi connectivity index (χ2v) is 3.61. The zero-order valence-electron chi connectivity index (χ0n) is 10.5. The van der Waals surface area contributed by atoms with E-state index in [4.69, 9.17) is 20.3 Å². The van der Waals surface area contributed by atoms with Crippen molar-refractivity contribution in [3.63, 3.8) is 0 Å². The van der Waals surface area contributed by atoms with Gasteiger partial charge in [-0.15, -0.1) is 0 Å². The zero-order chi connectivity index (χ0) is 13.6. The number of rotatable bonds is 12. The highest BCUT2D eigenvalue weighted by atomic mass is 16.5. The number of hydrogen-bond acceptors (Lipinski definition) is 5. The summed E-state index contributed by atoms with van der Waals surface area (Å²) < 4.78 is 10.4. The van der Waals surface area contributed by atoms with Crippen LogP contribution in [0.4, 0.5) is 0 Å². The first-order valence-electron chi connectivity index (χ1n) is 6.01. The number of carboxylic acids is 1. The van der Waals surface area contributed by atoms with Gasteiger partial charge in [0.2, 0.25) is 5.91 Å². The molecule has 0 bridgehead atoms. The molecule has 0 atom stereocenters. The zero-order valence-corrected chi connectivity index (χ0v) is 10.5. The largest absolute Gasteiger partial charge is 0.481 e. The third-order valence-electron chi connectivity index (χ3n) is 1.97. The molecule has 106 valence electrons. The lowest BCUT2D eigenvalue weighted by Gasteiger charge is -2.06. The summed E-state index contributed by atoms with van der Waals surface area (Å²) in [4.78, 5) is 21.3. The van der Waals surface area contributed by atoms with Crippen molar-refractivity contribution >= 4 is 11.9 Å². The Morgan fingerprint density at radius 3 is 2.33 bits per heavy atom. The first-order valence-corrected chi connectivity index (χ1v) is 6.01. The minimum atomic E-state index is -0.973. The maximum atomic E-state index is 11.1. The first-order chi connectivity index (χ1) is 8.66. The van der Waals surface area contributed by atoms with Gasteiger partial charge in [0.15, 0.2) is 0 Å². The van der Waals surface area contributed by atoms with Gasteiger partial charge in [-0.2, -0.15) is 0 Å². The van der Waals surface area contributed by atoms with Crippen LogP contribution in [0.15, 0.2) is 0 Å². The van der Waals surface area contributed by atoms with E-state index in [1.165, 1.54) is 0 Å². The SMILES string of the molecule is NCCOCCCOCCNC(=O)CCC(=O)O. The van der Waals surface area contributed by atoms with Crippen LogP contribution in [0.3, 0.4) is 0 Å². The number of nitrogens with one attached hydrogen (secondary N) is 1. The molecule has 0 heterocycles. The molecule has 7 heteroatoms. The van der Waals surface area contributed by atoms with E-state index >= 15 is 0 Å². The van der Waals surface area contributed by atoms with Gasteiger partial charge < -0.3 is 25.6 Å². The summed E-state index contributed by atoms with van der Waals surface area (Å²) in [7, 11) is 0. The molecule has 7 nitrogen and oxygen atoms in total. The molecule has 0 spiro atoms. The molecular formula is C11H22N2O5. The molecule has 0 saturated carbocycles. The average molecular weight is 262 g/mol. The highest BCUT2D eigenvalue weighted by molar-refractivity contribution is 5.80. The van der Waals surface area contributed by atoms with Gasteiger partial charge in [-0.1, -0.05) is 0 Å². The van der Waals surface area contributed by atoms with Crippen LogP contribution in [0.5, 0.6) is 0 Å². The number of hydrogen-bond donors (Lipinski definition) is 3. The summed E-state index contributed by atoms with van der Waals surface area (Å²) in [5, 5.41) is 10.9. The fraction of sp³-hybridized carbons (Fsp3) is 0.818. The topological polar surface area (TPSA) is 111 Å². The second-order valence-electron chi connectivity index (χ2n) is 3.61. The van der Waals surface area contributed by atoms with E-state index in [1.807, 2.05) is 0 Å². The summed E-state index contributed by atoms with van der Waals surface area (Å²) in [6.45, 7) is 3.05. The van der Waals surface area contributed by atoms with E-state index in [9.17, 15) is 9.59 Å². The summed E-state index contributed by atoms with van der Waals surface area (Å²) in [6, 6.07) is 0. The maximum Gasteiger partial charge on any atom is 0.303 e. The lowest BCUT2D eigenvalue weighted by molar-refractivity contribution is -0.138. The number of carbonyl (C=O) groups excluding carboxylic acids is 1. The minimum absolute atomic E-state index is 0.00224. The van der Waals surface area contributed by atoms with Gasteiger partial charge in [0.25, 0.3) is 0 Å². The van der Waals surface area contributed by atoms with Gasteiger partial charge >= 0.3 is 5.97 Å². The van der Waals surface area contributed by atoms with Gasteiger partial charge in [0.05, 0.1) is 19.6 Å². The van der Waals surface area contributed by atoms with E-state index in [1.54, 1.807) is 0 Å². The lowest BCUT2D eigenvalue weighted by Crippen LogP contribution is -2.27. The van der Waals surface area contributed by atoms with Crippen molar-refractivity contribution in [2.75, 3.05) is 39.5 Å². The van der Waals surface area contributed by atoms with Crippen molar-refractivity contribution in [3.8, 4) is 0 Å². The van der Waals surface area contributed by atoms with E-state index < -0.39 is 5.97 Å². The number of aliphatic carboxylic acids is 1. The number of nitrogens with two attached hydrogens (primary N) is 1. The Morgan fingerprint density at radius 1 is 1.06 bits per heavy atom. The highest BCUT2D eigenvalue weighted by Crippen LogP contribution is 1.88. The molecule has 0 radical (unpaired) electrons.